The van der Waals surface area contributed by atoms with Crippen molar-refractivity contribution in [1.29, 1.82) is 5.26 Å². The van der Waals surface area contributed by atoms with Crippen LogP contribution < -0.4 is 5.32 Å². The number of carbonyl (C=O) groups is 2. The summed E-state index contributed by atoms with van der Waals surface area (Å²) in [5.74, 6) is -1.80. The summed E-state index contributed by atoms with van der Waals surface area (Å²) in [6.07, 6.45) is 1.11. The molecule has 3 aromatic carbocycles. The molecule has 230 valence electrons. The summed E-state index contributed by atoms with van der Waals surface area (Å²) in [4.78, 5) is 25.2. The molecule has 2 fully saturated rings. The summed E-state index contributed by atoms with van der Waals surface area (Å²) in [5.41, 5.74) is 1.81. The van der Waals surface area contributed by atoms with Gasteiger partial charge < -0.3 is 15.0 Å². The van der Waals surface area contributed by atoms with Gasteiger partial charge in [-0.1, -0.05) is 72.6 Å². The van der Waals surface area contributed by atoms with E-state index in [0.29, 0.717) is 40.4 Å². The Hall–Kier alpha value is -3.26. The highest BCUT2D eigenvalue weighted by atomic mass is 35.5. The molecule has 44 heavy (non-hydrogen) atoms. The minimum absolute atomic E-state index is 0.0624. The van der Waals surface area contributed by atoms with E-state index in [2.05, 4.69) is 11.4 Å². The maximum Gasteiger partial charge on any atom is 0.304 e. The predicted octanol–water partition coefficient (Wildman–Crippen LogP) is 6.18. The number of carbonyl (C=O) groups excluding carboxylic acids is 1. The van der Waals surface area contributed by atoms with Gasteiger partial charge in [0.2, 0.25) is 5.91 Å². The van der Waals surface area contributed by atoms with E-state index in [0.717, 1.165) is 11.1 Å². The zero-order chi connectivity index (χ0) is 31.6. The van der Waals surface area contributed by atoms with Crippen molar-refractivity contribution in [3.63, 3.8) is 0 Å². The van der Waals surface area contributed by atoms with Crippen LogP contribution in [0.1, 0.15) is 66.7 Å². The van der Waals surface area contributed by atoms with Crippen LogP contribution in [-0.2, 0) is 27.4 Å². The second kappa shape index (κ2) is 13.4. The van der Waals surface area contributed by atoms with E-state index < -0.39 is 22.7 Å². The summed E-state index contributed by atoms with van der Waals surface area (Å²) in [7, 11) is 0. The molecular formula is C33H32Cl2N3O5S-. The number of hydrogen-bond acceptors (Lipinski definition) is 5. The predicted molar refractivity (Wildman–Crippen MR) is 167 cm³/mol. The quantitative estimate of drug-likeness (QED) is 0.238. The number of nitriles is 1. The van der Waals surface area contributed by atoms with Crippen LogP contribution in [0.5, 0.6) is 0 Å². The third-order valence-electron chi connectivity index (χ3n) is 8.99. The molecule has 1 saturated carbocycles. The molecule has 7 atom stereocenters. The van der Waals surface area contributed by atoms with Crippen LogP contribution in [0.3, 0.4) is 0 Å². The largest absolute Gasteiger partial charge is 0.760 e. The Morgan fingerprint density at radius 1 is 1.16 bits per heavy atom. The molecule has 1 heterocycles. The first-order valence-corrected chi connectivity index (χ1v) is 16.2. The smallest absolute Gasteiger partial charge is 0.304 e. The second-order valence-electron chi connectivity index (χ2n) is 12.0. The molecule has 3 unspecified atom stereocenters. The van der Waals surface area contributed by atoms with Crippen molar-refractivity contribution in [3.8, 4) is 6.07 Å². The summed E-state index contributed by atoms with van der Waals surface area (Å²) < 4.78 is 26.4. The molecule has 1 aliphatic heterocycles. The summed E-state index contributed by atoms with van der Waals surface area (Å²) >= 11 is 10.1. The number of piperidine rings is 1. The normalized spacial score (nSPS) is 26.0. The molecule has 5 rings (SSSR count). The Morgan fingerprint density at radius 3 is 2.55 bits per heavy atom. The molecule has 1 amide bonds. The standard InChI is InChI=1S/C33H33Cl2N3O5S/c1-33(17-31(39)40)16-28(21-7-4-8-25(35)13-21)29(37-32(33)41)14-26(20-9-11-24(34)12-10-20)27-15-30(27)38(44(42)43)19-23-6-3-2-5-22(23)18-36/h2-13,26-30H,14-17,19H2,1H3,(H,37,41)(H,39,40)(H,42,43)/p-1/t26-,27?,28-,29+,30?,33+/m1/s1. The van der Waals surface area contributed by atoms with E-state index in [-0.39, 0.29) is 48.7 Å². The highest BCUT2D eigenvalue weighted by Gasteiger charge is 2.51. The van der Waals surface area contributed by atoms with Crippen molar-refractivity contribution in [2.24, 2.45) is 11.3 Å². The number of benzene rings is 3. The number of hydrogen-bond donors (Lipinski definition) is 2. The van der Waals surface area contributed by atoms with E-state index in [9.17, 15) is 28.7 Å². The van der Waals surface area contributed by atoms with Gasteiger partial charge in [-0.2, -0.15) is 5.26 Å². The van der Waals surface area contributed by atoms with Gasteiger partial charge in [-0.15, -0.1) is 0 Å². The van der Waals surface area contributed by atoms with Gasteiger partial charge >= 0.3 is 5.97 Å². The number of carboxylic acids is 1. The van der Waals surface area contributed by atoms with Gasteiger partial charge in [0.05, 0.1) is 23.5 Å². The number of nitrogens with one attached hydrogen (secondary N) is 1. The maximum atomic E-state index is 13.4. The Bertz CT molecular complexity index is 1610. The molecule has 0 bridgehead atoms. The van der Waals surface area contributed by atoms with Gasteiger partial charge in [0.15, 0.2) is 0 Å². The average molecular weight is 654 g/mol. The van der Waals surface area contributed by atoms with Crippen molar-refractivity contribution in [1.82, 2.24) is 9.62 Å². The Labute approximate surface area is 269 Å². The maximum absolute atomic E-state index is 13.4. The van der Waals surface area contributed by atoms with Crippen LogP contribution in [0.2, 0.25) is 10.0 Å². The van der Waals surface area contributed by atoms with Crippen molar-refractivity contribution in [2.45, 2.75) is 63.1 Å². The van der Waals surface area contributed by atoms with Crippen molar-refractivity contribution >= 4 is 46.3 Å². The SMILES string of the molecule is C[C@@]1(CC(=O)O)C[C@H](c2cccc(Cl)c2)[C@H](C[C@H](c2ccc(Cl)cc2)C2CC2N(Cc2ccccc2C#N)S(=O)[O-])NC1=O. The Morgan fingerprint density at radius 2 is 1.89 bits per heavy atom. The summed E-state index contributed by atoms with van der Waals surface area (Å²) in [6, 6.07) is 23.3. The molecule has 0 aromatic heterocycles. The zero-order valence-electron chi connectivity index (χ0n) is 24.0. The van der Waals surface area contributed by atoms with E-state index in [1.807, 2.05) is 30.3 Å². The van der Waals surface area contributed by atoms with Crippen LogP contribution >= 0.6 is 23.2 Å². The van der Waals surface area contributed by atoms with Crippen molar-refractivity contribution in [3.05, 3.63) is 105 Å². The molecular weight excluding hydrogens is 621 g/mol. The highest BCUT2D eigenvalue weighted by Crippen LogP contribution is 2.52. The van der Waals surface area contributed by atoms with Crippen LogP contribution in [-0.4, -0.2) is 42.1 Å². The summed E-state index contributed by atoms with van der Waals surface area (Å²) in [6.45, 7) is 1.76. The number of aliphatic carboxylic acids is 1. The lowest BCUT2D eigenvalue weighted by atomic mass is 9.68. The second-order valence-corrected chi connectivity index (χ2v) is 13.8. The lowest BCUT2D eigenvalue weighted by Gasteiger charge is -2.43. The van der Waals surface area contributed by atoms with E-state index in [4.69, 9.17) is 23.2 Å². The van der Waals surface area contributed by atoms with Gasteiger partial charge in [-0.25, -0.2) is 4.31 Å². The van der Waals surface area contributed by atoms with Crippen molar-refractivity contribution in [2.75, 3.05) is 0 Å². The topological polar surface area (TPSA) is 134 Å². The zero-order valence-corrected chi connectivity index (χ0v) is 26.3. The van der Waals surface area contributed by atoms with Crippen LogP contribution in [0.4, 0.5) is 0 Å². The molecule has 2 N–H and O–H groups in total. The van der Waals surface area contributed by atoms with E-state index in [1.54, 1.807) is 49.4 Å². The molecule has 8 nitrogen and oxygen atoms in total. The molecule has 3 aromatic rings. The van der Waals surface area contributed by atoms with Gasteiger partial charge in [0, 0.05) is 45.9 Å². The first-order chi connectivity index (χ1) is 21.0. The minimum atomic E-state index is -2.53. The fourth-order valence-corrected chi connectivity index (χ4v) is 7.71. The fraction of sp³-hybridized carbons (Fsp3) is 0.364. The number of rotatable bonds is 11. The van der Waals surface area contributed by atoms with Gasteiger partial charge in [-0.3, -0.25) is 13.8 Å². The monoisotopic (exact) mass is 652 g/mol. The Kier molecular flexibility index (Phi) is 9.78. The molecule has 1 saturated heterocycles. The van der Waals surface area contributed by atoms with Crippen LogP contribution in [0, 0.1) is 22.7 Å². The van der Waals surface area contributed by atoms with Gasteiger partial charge in [0.1, 0.15) is 0 Å². The van der Waals surface area contributed by atoms with Crippen LogP contribution in [0.15, 0.2) is 72.8 Å². The average Bonchev–Trinajstić information content (AvgIpc) is 3.76. The number of halogens is 2. The molecule has 11 heteroatoms. The Balaban J connectivity index is 1.47. The molecule has 0 radical (unpaired) electrons. The number of nitrogens with zero attached hydrogens (tertiary/aromatic N) is 2. The van der Waals surface area contributed by atoms with E-state index in [1.165, 1.54) is 4.31 Å². The first kappa shape index (κ1) is 32.1. The number of carboxylic acid groups (broad SMARTS) is 1. The van der Waals surface area contributed by atoms with Crippen molar-refractivity contribution < 1.29 is 23.5 Å². The van der Waals surface area contributed by atoms with Gasteiger partial charge in [-0.05, 0) is 78.1 Å². The molecule has 2 aliphatic rings. The third-order valence-corrected chi connectivity index (χ3v) is 10.3. The minimum Gasteiger partial charge on any atom is -0.760 e. The van der Waals surface area contributed by atoms with Gasteiger partial charge in [0.25, 0.3) is 0 Å². The number of amides is 1. The summed E-state index contributed by atoms with van der Waals surface area (Å²) in [5, 5.41) is 23.4. The van der Waals surface area contributed by atoms with E-state index >= 15 is 0 Å². The highest BCUT2D eigenvalue weighted by molar-refractivity contribution is 7.76. The lowest BCUT2D eigenvalue weighted by molar-refractivity contribution is -0.147. The van der Waals surface area contributed by atoms with Crippen LogP contribution in [0.25, 0.3) is 0 Å². The molecule has 0 spiro atoms. The first-order valence-electron chi connectivity index (χ1n) is 14.4. The molecule has 1 aliphatic carbocycles. The third kappa shape index (κ3) is 7.17. The fourth-order valence-electron chi connectivity index (χ4n) is 6.68. The lowest BCUT2D eigenvalue weighted by Crippen LogP contribution is -2.54.